The Hall–Kier alpha value is -1.36. The zero-order valence-electron chi connectivity index (χ0n) is 8.06. The van der Waals surface area contributed by atoms with Gasteiger partial charge in [-0.05, 0) is 19.2 Å². The monoisotopic (exact) mass is 217 g/mol. The number of nitrogens with one attached hydrogen (secondary N) is 1. The molecule has 0 bridgehead atoms. The molecule has 1 rings (SSSR count). The number of halogens is 3. The van der Waals surface area contributed by atoms with Gasteiger partial charge in [-0.3, -0.25) is 4.79 Å². The van der Waals surface area contributed by atoms with Gasteiger partial charge in [-0.15, -0.1) is 0 Å². The van der Waals surface area contributed by atoms with Crippen LogP contribution in [0.15, 0.2) is 18.2 Å². The third-order valence-electron chi connectivity index (χ3n) is 1.88. The van der Waals surface area contributed by atoms with Gasteiger partial charge in [0.05, 0.1) is 12.1 Å². The zero-order valence-corrected chi connectivity index (χ0v) is 8.06. The summed E-state index contributed by atoms with van der Waals surface area (Å²) in [7, 11) is 1.52. The van der Waals surface area contributed by atoms with E-state index in [-0.39, 0.29) is 17.7 Å². The van der Waals surface area contributed by atoms with Crippen molar-refractivity contribution in [2.75, 3.05) is 13.6 Å². The van der Waals surface area contributed by atoms with Crippen molar-refractivity contribution in [3.63, 3.8) is 0 Å². The Balaban J connectivity index is 3.05. The van der Waals surface area contributed by atoms with E-state index >= 15 is 0 Å². The highest BCUT2D eigenvalue weighted by atomic mass is 19.3. The number of Topliss-reactive ketones (excluding diaryl/α,β-unsaturated/α-hetero) is 1. The summed E-state index contributed by atoms with van der Waals surface area (Å²) >= 11 is 0. The van der Waals surface area contributed by atoms with Gasteiger partial charge in [0.2, 0.25) is 0 Å². The maximum atomic E-state index is 13.1. The van der Waals surface area contributed by atoms with Crippen LogP contribution in [0.4, 0.5) is 13.2 Å². The molecule has 0 aliphatic rings. The summed E-state index contributed by atoms with van der Waals surface area (Å²) < 4.78 is 37.7. The molecule has 0 aromatic heterocycles. The number of likely N-dealkylation sites (N-methyl/N-ethyl adjacent to an activating group) is 1. The minimum atomic E-state index is -2.70. The van der Waals surface area contributed by atoms with Crippen molar-refractivity contribution in [1.29, 1.82) is 0 Å². The molecule has 0 fully saturated rings. The summed E-state index contributed by atoms with van der Waals surface area (Å²) in [5, 5.41) is 2.54. The lowest BCUT2D eigenvalue weighted by Crippen LogP contribution is -2.19. The van der Waals surface area contributed by atoms with Gasteiger partial charge in [0.1, 0.15) is 5.82 Å². The van der Waals surface area contributed by atoms with Gasteiger partial charge >= 0.3 is 0 Å². The van der Waals surface area contributed by atoms with Crippen LogP contribution < -0.4 is 5.32 Å². The summed E-state index contributed by atoms with van der Waals surface area (Å²) in [6.45, 7) is -0.0798. The average molecular weight is 217 g/mol. The summed E-state index contributed by atoms with van der Waals surface area (Å²) in [5.74, 6) is -1.32. The number of carbonyl (C=O) groups is 1. The molecule has 0 spiro atoms. The average Bonchev–Trinajstić information content (AvgIpc) is 2.18. The minimum absolute atomic E-state index is 0.0798. The molecule has 0 unspecified atom stereocenters. The number of hydrogen-bond acceptors (Lipinski definition) is 2. The quantitative estimate of drug-likeness (QED) is 0.783. The standard InChI is InChI=1S/C10H10F3NO/c1-14-5-9(15)7-4-6(10(12)13)2-3-8(7)11/h2-4,10,14H,5H2,1H3. The predicted molar refractivity (Wildman–Crippen MR) is 49.6 cm³/mol. The van der Waals surface area contributed by atoms with Gasteiger partial charge in [0, 0.05) is 5.56 Å². The zero-order chi connectivity index (χ0) is 11.4. The second-order valence-electron chi connectivity index (χ2n) is 2.99. The van der Waals surface area contributed by atoms with E-state index in [2.05, 4.69) is 5.32 Å². The van der Waals surface area contributed by atoms with Gasteiger partial charge in [0.15, 0.2) is 5.78 Å². The van der Waals surface area contributed by atoms with E-state index in [0.29, 0.717) is 0 Å². The number of benzene rings is 1. The fourth-order valence-corrected chi connectivity index (χ4v) is 1.15. The number of carbonyl (C=O) groups excluding carboxylic acids is 1. The summed E-state index contributed by atoms with van der Waals surface area (Å²) in [4.78, 5) is 11.3. The van der Waals surface area contributed by atoms with Crippen LogP contribution in [0.1, 0.15) is 22.3 Å². The Morgan fingerprint density at radius 3 is 2.67 bits per heavy atom. The molecular weight excluding hydrogens is 207 g/mol. The van der Waals surface area contributed by atoms with Crippen LogP contribution in [0, 0.1) is 5.82 Å². The highest BCUT2D eigenvalue weighted by Gasteiger charge is 2.15. The van der Waals surface area contributed by atoms with Gasteiger partial charge in [0.25, 0.3) is 6.43 Å². The predicted octanol–water partition coefficient (Wildman–Crippen LogP) is 2.17. The van der Waals surface area contributed by atoms with Crippen LogP contribution >= 0.6 is 0 Å². The SMILES string of the molecule is CNCC(=O)c1cc(C(F)F)ccc1F. The molecule has 1 N–H and O–H groups in total. The Kier molecular flexibility index (Phi) is 3.85. The van der Waals surface area contributed by atoms with Crippen LogP contribution in [-0.2, 0) is 0 Å². The Morgan fingerprint density at radius 2 is 2.13 bits per heavy atom. The van der Waals surface area contributed by atoms with Crippen molar-refractivity contribution >= 4 is 5.78 Å². The lowest BCUT2D eigenvalue weighted by Gasteiger charge is -2.05. The molecular formula is C10H10F3NO. The minimum Gasteiger partial charge on any atom is -0.313 e. The molecule has 2 nitrogen and oxygen atoms in total. The van der Waals surface area contributed by atoms with Gasteiger partial charge in [-0.1, -0.05) is 6.07 Å². The summed E-state index contributed by atoms with van der Waals surface area (Å²) in [6, 6.07) is 2.74. The second kappa shape index (κ2) is 4.93. The molecule has 0 amide bonds. The van der Waals surface area contributed by atoms with Crippen LogP contribution in [0.3, 0.4) is 0 Å². The lowest BCUT2D eigenvalue weighted by molar-refractivity contribution is 0.0989. The molecule has 0 aliphatic heterocycles. The van der Waals surface area contributed by atoms with Crippen molar-refractivity contribution in [3.8, 4) is 0 Å². The maximum absolute atomic E-state index is 13.1. The molecule has 0 saturated heterocycles. The topological polar surface area (TPSA) is 29.1 Å². The molecule has 1 aromatic rings. The largest absolute Gasteiger partial charge is 0.313 e. The first-order valence-corrected chi connectivity index (χ1v) is 4.31. The Bertz CT molecular complexity index is 366. The highest BCUT2D eigenvalue weighted by Crippen LogP contribution is 2.21. The van der Waals surface area contributed by atoms with E-state index in [9.17, 15) is 18.0 Å². The molecule has 0 aliphatic carbocycles. The van der Waals surface area contributed by atoms with Crippen LogP contribution in [0.2, 0.25) is 0 Å². The molecule has 1 aromatic carbocycles. The van der Waals surface area contributed by atoms with Crippen molar-refractivity contribution in [2.45, 2.75) is 6.43 Å². The molecule has 15 heavy (non-hydrogen) atoms. The molecule has 82 valence electrons. The highest BCUT2D eigenvalue weighted by molar-refractivity contribution is 5.98. The first-order valence-electron chi connectivity index (χ1n) is 4.31. The van der Waals surface area contributed by atoms with Crippen LogP contribution in [0.5, 0.6) is 0 Å². The van der Waals surface area contributed by atoms with Crippen LogP contribution in [0.25, 0.3) is 0 Å². The van der Waals surface area contributed by atoms with E-state index in [4.69, 9.17) is 0 Å². The fourth-order valence-electron chi connectivity index (χ4n) is 1.15. The first kappa shape index (κ1) is 11.7. The third kappa shape index (κ3) is 2.79. The lowest BCUT2D eigenvalue weighted by atomic mass is 10.1. The Labute approximate surface area is 85.1 Å². The number of ketones is 1. The third-order valence-corrected chi connectivity index (χ3v) is 1.88. The van der Waals surface area contributed by atoms with Crippen molar-refractivity contribution in [1.82, 2.24) is 5.32 Å². The number of rotatable bonds is 4. The molecule has 0 heterocycles. The molecule has 0 saturated carbocycles. The Morgan fingerprint density at radius 1 is 1.47 bits per heavy atom. The number of hydrogen-bond donors (Lipinski definition) is 1. The van der Waals surface area contributed by atoms with E-state index in [1.807, 2.05) is 0 Å². The summed E-state index contributed by atoms with van der Waals surface area (Å²) in [6.07, 6.45) is -2.70. The van der Waals surface area contributed by atoms with Crippen molar-refractivity contribution in [2.24, 2.45) is 0 Å². The van der Waals surface area contributed by atoms with Crippen LogP contribution in [-0.4, -0.2) is 19.4 Å². The van der Waals surface area contributed by atoms with Gasteiger partial charge in [-0.25, -0.2) is 13.2 Å². The van der Waals surface area contributed by atoms with E-state index in [1.54, 1.807) is 0 Å². The van der Waals surface area contributed by atoms with E-state index in [1.165, 1.54) is 7.05 Å². The smallest absolute Gasteiger partial charge is 0.263 e. The number of alkyl halides is 2. The van der Waals surface area contributed by atoms with Crippen molar-refractivity contribution < 1.29 is 18.0 Å². The second-order valence-corrected chi connectivity index (χ2v) is 2.99. The maximum Gasteiger partial charge on any atom is 0.263 e. The van der Waals surface area contributed by atoms with E-state index < -0.39 is 18.0 Å². The fraction of sp³-hybridized carbons (Fsp3) is 0.300. The molecule has 0 radical (unpaired) electrons. The normalized spacial score (nSPS) is 10.7. The van der Waals surface area contributed by atoms with Crippen molar-refractivity contribution in [3.05, 3.63) is 35.1 Å². The van der Waals surface area contributed by atoms with Gasteiger partial charge < -0.3 is 5.32 Å². The van der Waals surface area contributed by atoms with Gasteiger partial charge in [-0.2, -0.15) is 0 Å². The van der Waals surface area contributed by atoms with E-state index in [0.717, 1.165) is 18.2 Å². The summed E-state index contributed by atoms with van der Waals surface area (Å²) in [5.41, 5.74) is -0.655. The first-order chi connectivity index (χ1) is 7.06. The molecule has 0 atom stereocenters. The molecule has 5 heteroatoms.